The van der Waals surface area contributed by atoms with Crippen molar-refractivity contribution < 1.29 is 100 Å². The number of rotatable bonds is 54. The van der Waals surface area contributed by atoms with Crippen LogP contribution in [0.25, 0.3) is 32.9 Å². The molecule has 7 aromatic rings. The number of ether oxygens (including phenoxy) is 11. The molecule has 6 heterocycles. The molecule has 3 atom stereocenters. The van der Waals surface area contributed by atoms with Gasteiger partial charge in [-0.25, -0.2) is 19.7 Å². The summed E-state index contributed by atoms with van der Waals surface area (Å²) < 4.78 is 64.3. The van der Waals surface area contributed by atoms with Gasteiger partial charge in [-0.15, -0.1) is 0 Å². The van der Waals surface area contributed by atoms with Crippen LogP contribution in [0.4, 0.5) is 16.4 Å². The molecule has 4 aliphatic rings. The number of fused-ring (bicyclic) bond motifs is 2. The molecule has 38 heteroatoms. The molecule has 11 N–H and O–H groups in total. The molecule has 11 rings (SSSR count). The van der Waals surface area contributed by atoms with Gasteiger partial charge < -0.3 is 120 Å². The standard InChI is InChI=1S/C91H120N16O22/c1-90(98-30-11-14-64-17-22-76(120-4)75(53-64)106-34-26-81(112)107(89(106)118)61-96-86(116)74(55-82(113)114)99-77(108)27-37-121-40-41-123-44-45-125-48-49-127-51-50-126-47-46-124-43-42-122-39-38-119-3)28-35-104(36-29-90)67-24-32-105(33-25-67)88-101-72-21-18-65(71-59-103(2)87(117)83-69(71)23-31-93-83)54-70(72)84(102-88)91(129-68-19-20-68,66-15-9-6-10-16-66)60-128-62-97-79(110)57-95-85(115)73(52-63-12-7-5-8-13-63)100-80(111)58-94-78(109)56-92/h5-10,12-13,15-18,21-23,31,53-54,59,67-68,73-74,93,98H,19-20,24-30,32-52,55-58,60-62,92H2,1-4H3,(H,94,109)(H,95,115)(H,96,116)(H,97,110)(H,99,108)(H,100,111)(H,113,114)/t73-,74-,91-/m0/s1. The molecule has 0 bridgehead atoms. The van der Waals surface area contributed by atoms with Crippen LogP contribution in [-0.2, 0) is 105 Å². The minimum atomic E-state index is -1.54. The number of amides is 9. The van der Waals surface area contributed by atoms with Gasteiger partial charge in [-0.3, -0.25) is 48.1 Å². The number of aromatic nitrogens is 4. The Morgan fingerprint density at radius 3 is 1.91 bits per heavy atom. The fourth-order valence-corrected chi connectivity index (χ4v) is 15.2. The Hall–Kier alpha value is -11.4. The number of nitrogens with one attached hydrogen (secondary N) is 8. The lowest BCUT2D eigenvalue weighted by Gasteiger charge is -2.45. The van der Waals surface area contributed by atoms with Gasteiger partial charge in [0.25, 0.3) is 5.56 Å². The normalized spacial score (nSPS) is 15.8. The summed E-state index contributed by atoms with van der Waals surface area (Å²) in [6.45, 7) is 8.84. The average molecular weight is 1790 g/mol. The minimum absolute atomic E-state index is 0.00989. The van der Waals surface area contributed by atoms with Crippen molar-refractivity contribution in [1.82, 2.24) is 66.5 Å². The highest BCUT2D eigenvalue weighted by atomic mass is 16.6. The molecule has 3 aromatic heterocycles. The molecule has 0 radical (unpaired) electrons. The Bertz CT molecular complexity index is 5000. The zero-order chi connectivity index (χ0) is 91.3. The van der Waals surface area contributed by atoms with Crippen molar-refractivity contribution in [2.24, 2.45) is 12.8 Å². The van der Waals surface area contributed by atoms with Gasteiger partial charge >= 0.3 is 12.0 Å². The van der Waals surface area contributed by atoms with Gasteiger partial charge in [0, 0.05) is 112 Å². The molecule has 129 heavy (non-hydrogen) atoms. The van der Waals surface area contributed by atoms with Gasteiger partial charge in [0.2, 0.25) is 47.3 Å². The van der Waals surface area contributed by atoms with Gasteiger partial charge in [0.15, 0.2) is 5.60 Å². The van der Waals surface area contributed by atoms with Crippen LogP contribution < -0.4 is 63.0 Å². The number of carboxylic acid groups (broad SMARTS) is 1. The molecule has 4 aromatic carbocycles. The van der Waals surface area contributed by atoms with E-state index in [1.165, 1.54) is 12.0 Å². The quantitative estimate of drug-likeness (QED) is 0.0149. The molecule has 696 valence electrons. The number of nitrogens with two attached hydrogens (primary N) is 1. The van der Waals surface area contributed by atoms with Crippen molar-refractivity contribution in [2.45, 2.75) is 107 Å². The van der Waals surface area contributed by atoms with Crippen LogP contribution in [0.2, 0.25) is 0 Å². The first-order valence-electron chi connectivity index (χ1n) is 43.6. The van der Waals surface area contributed by atoms with E-state index in [-0.39, 0.29) is 88.8 Å². The Morgan fingerprint density at radius 2 is 1.28 bits per heavy atom. The van der Waals surface area contributed by atoms with Crippen LogP contribution in [0.15, 0.2) is 120 Å². The number of carbonyl (C=O) groups is 9. The Morgan fingerprint density at radius 1 is 0.651 bits per heavy atom. The Balaban J connectivity index is 0.656. The minimum Gasteiger partial charge on any atom is -0.495 e. The summed E-state index contributed by atoms with van der Waals surface area (Å²) in [7, 11) is 4.79. The van der Waals surface area contributed by atoms with E-state index in [0.717, 1.165) is 84.2 Å². The number of nitrogens with zero attached hydrogens (tertiary/aromatic N) is 7. The molecule has 3 aliphatic heterocycles. The molecule has 9 amide bonds. The Kier molecular flexibility index (Phi) is 38.4. The first-order chi connectivity index (χ1) is 62.6. The highest BCUT2D eigenvalue weighted by Crippen LogP contribution is 2.44. The number of likely N-dealkylation sites (tertiary alicyclic amines) is 1. The highest BCUT2D eigenvalue weighted by Gasteiger charge is 2.46. The molecule has 1 aliphatic carbocycles. The van der Waals surface area contributed by atoms with E-state index in [4.69, 9.17) is 67.8 Å². The lowest BCUT2D eigenvalue weighted by Crippen LogP contribution is -2.57. The number of aryl methyl sites for hydroxylation is 1. The van der Waals surface area contributed by atoms with Crippen LogP contribution >= 0.6 is 0 Å². The molecule has 0 unspecified atom stereocenters. The van der Waals surface area contributed by atoms with Crippen molar-refractivity contribution in [2.75, 3.05) is 202 Å². The Labute approximate surface area is 748 Å². The molecule has 1 saturated carbocycles. The largest absolute Gasteiger partial charge is 0.495 e. The predicted molar refractivity (Wildman–Crippen MR) is 475 cm³/mol. The van der Waals surface area contributed by atoms with E-state index in [1.54, 1.807) is 67.4 Å². The van der Waals surface area contributed by atoms with Gasteiger partial charge in [0.05, 0.1) is 168 Å². The summed E-state index contributed by atoms with van der Waals surface area (Å²) in [4.78, 5) is 152. The van der Waals surface area contributed by atoms with Crippen LogP contribution in [-0.4, -0.2) is 310 Å². The maximum absolute atomic E-state index is 14.2. The second-order valence-electron chi connectivity index (χ2n) is 31.8. The van der Waals surface area contributed by atoms with E-state index in [0.29, 0.717) is 144 Å². The molecule has 38 nitrogen and oxygen atoms in total. The highest BCUT2D eigenvalue weighted by molar-refractivity contribution is 6.07. The number of aromatic amines is 1. The monoisotopic (exact) mass is 1790 g/mol. The topological polar surface area (TPSA) is 462 Å². The van der Waals surface area contributed by atoms with Crippen molar-refractivity contribution in [1.29, 1.82) is 0 Å². The second kappa shape index (κ2) is 50.5. The van der Waals surface area contributed by atoms with Gasteiger partial charge in [-0.1, -0.05) is 78.6 Å². The summed E-state index contributed by atoms with van der Waals surface area (Å²) in [6.07, 6.45) is 7.35. The van der Waals surface area contributed by atoms with E-state index in [2.05, 4.69) is 70.8 Å². The van der Waals surface area contributed by atoms with Crippen LogP contribution in [0.3, 0.4) is 0 Å². The molecular formula is C91H120N16O22. The smallest absolute Gasteiger partial charge is 0.332 e. The van der Waals surface area contributed by atoms with E-state index in [1.807, 2.05) is 66.9 Å². The number of H-pyrrole nitrogens is 1. The number of piperidine rings is 2. The van der Waals surface area contributed by atoms with Crippen LogP contribution in [0, 0.1) is 11.8 Å². The van der Waals surface area contributed by atoms with E-state index in [9.17, 15) is 53.1 Å². The summed E-state index contributed by atoms with van der Waals surface area (Å²) in [5.41, 5.74) is 9.27. The van der Waals surface area contributed by atoms with E-state index < -0.39 is 97.2 Å². The van der Waals surface area contributed by atoms with Crippen LogP contribution in [0.1, 0.15) is 87.1 Å². The lowest BCUT2D eigenvalue weighted by atomic mass is 9.87. The molecule has 0 spiro atoms. The number of imide groups is 1. The van der Waals surface area contributed by atoms with Gasteiger partial charge in [-0.05, 0) is 98.5 Å². The number of hydrogen-bond acceptors (Lipinski definition) is 27. The zero-order valence-corrected chi connectivity index (χ0v) is 73.7. The summed E-state index contributed by atoms with van der Waals surface area (Å²) >= 11 is 0. The maximum Gasteiger partial charge on any atom is 0.332 e. The zero-order valence-electron chi connectivity index (χ0n) is 73.7. The summed E-state index contributed by atoms with van der Waals surface area (Å²) in [5, 5.41) is 30.2. The third-order valence-corrected chi connectivity index (χ3v) is 22.4. The second-order valence-corrected chi connectivity index (χ2v) is 31.8. The third kappa shape index (κ3) is 29.6. The number of pyridine rings is 1. The number of carbonyl (C=O) groups excluding carboxylic acids is 8. The SMILES string of the molecule is COCCOCCOCCOCCOCCOCCOCCOCCC(=O)N[C@@H](CC(=O)O)C(=O)NCN1C(=O)CCN(c2cc(C#CCNC3(C)CCN(C4CCN(c5nc([C@@](COCNC(=O)CNC(=O)[C@H](Cc6ccccc6)NC(=O)CNC(=O)CN)(OC6CC6)c6ccccc6)c6cc(-c7cn(C)c(=O)c8[nH]ccc78)ccc6n5)CC4)CC3)ccc2OC)C1=O. The van der Waals surface area contributed by atoms with Crippen LogP contribution in [0.5, 0.6) is 5.75 Å². The molecule has 4 fully saturated rings. The number of methoxy groups -OCH3 is 2. The van der Waals surface area contributed by atoms with Crippen molar-refractivity contribution >= 4 is 86.8 Å². The number of carboxylic acids is 1. The van der Waals surface area contributed by atoms with Crippen molar-refractivity contribution in [3.8, 4) is 28.7 Å². The summed E-state index contributed by atoms with van der Waals surface area (Å²) in [6, 6.07) is 28.7. The first-order valence-corrected chi connectivity index (χ1v) is 43.6. The summed E-state index contributed by atoms with van der Waals surface area (Å²) in [5.74, 6) is 1.43. The van der Waals surface area contributed by atoms with E-state index >= 15 is 0 Å². The average Bonchev–Trinajstić information content (AvgIpc) is 1.66. The lowest BCUT2D eigenvalue weighted by molar-refractivity contribution is -0.141. The number of anilines is 2. The number of aliphatic carboxylic acids is 1. The molecule has 3 saturated heterocycles. The first kappa shape index (κ1) is 98.2. The maximum atomic E-state index is 14.2. The van der Waals surface area contributed by atoms with Gasteiger partial charge in [0.1, 0.15) is 36.7 Å². The molecular weight excluding hydrogens is 1670 g/mol. The fraction of sp³-hybridized carbons (Fsp3) is 0.516. The fourth-order valence-electron chi connectivity index (χ4n) is 15.2. The number of benzene rings is 4. The van der Waals surface area contributed by atoms with Crippen molar-refractivity contribution in [3.63, 3.8) is 0 Å². The van der Waals surface area contributed by atoms with Crippen molar-refractivity contribution in [3.05, 3.63) is 148 Å². The number of urea groups is 1. The predicted octanol–water partition coefficient (Wildman–Crippen LogP) is 2.73. The van der Waals surface area contributed by atoms with Gasteiger partial charge in [-0.2, -0.15) is 0 Å². The third-order valence-electron chi connectivity index (χ3n) is 22.4. The number of hydrogen-bond donors (Lipinski definition) is 10.